The number of para-hydroxylation sites is 1. The molecular weight excluding hydrogens is 250 g/mol. The van der Waals surface area contributed by atoms with Crippen LogP contribution in [-0.2, 0) is 0 Å². The van der Waals surface area contributed by atoms with Crippen LogP contribution in [-0.4, -0.2) is 12.4 Å². The summed E-state index contributed by atoms with van der Waals surface area (Å²) in [5.41, 5.74) is 0.265. The van der Waals surface area contributed by atoms with Crippen molar-refractivity contribution in [3.05, 3.63) is 29.8 Å². The highest BCUT2D eigenvalue weighted by atomic mass is 19.3. The molecule has 1 fully saturated rings. The second kappa shape index (κ2) is 6.64. The molecule has 2 rings (SSSR count). The van der Waals surface area contributed by atoms with E-state index in [-0.39, 0.29) is 17.1 Å². The number of carbonyl (C=O) groups is 1. The van der Waals surface area contributed by atoms with Crippen LogP contribution in [0.4, 0.5) is 8.78 Å². The highest BCUT2D eigenvalue weighted by Crippen LogP contribution is 2.30. The maximum Gasteiger partial charge on any atom is 0.387 e. The van der Waals surface area contributed by atoms with E-state index in [1.165, 1.54) is 31.7 Å². The Balaban J connectivity index is 1.97. The predicted molar refractivity (Wildman–Crippen MR) is 68.6 cm³/mol. The maximum atomic E-state index is 12.3. The van der Waals surface area contributed by atoms with E-state index < -0.39 is 6.61 Å². The van der Waals surface area contributed by atoms with Gasteiger partial charge in [0.25, 0.3) is 0 Å². The SMILES string of the molecule is O=C(CCC1CCCC1)c1ccccc1OC(F)F. The van der Waals surface area contributed by atoms with Gasteiger partial charge in [-0.3, -0.25) is 4.79 Å². The fourth-order valence-corrected chi connectivity index (χ4v) is 2.66. The molecule has 4 heteroatoms. The number of Topliss-reactive ketones (excluding diaryl/α,β-unsaturated/α-hetero) is 1. The monoisotopic (exact) mass is 268 g/mol. The number of benzene rings is 1. The summed E-state index contributed by atoms with van der Waals surface area (Å²) in [6.45, 7) is -2.90. The van der Waals surface area contributed by atoms with Gasteiger partial charge >= 0.3 is 6.61 Å². The molecule has 0 unspecified atom stereocenters. The van der Waals surface area contributed by atoms with Crippen molar-refractivity contribution in [3.8, 4) is 5.75 Å². The van der Waals surface area contributed by atoms with E-state index in [0.29, 0.717) is 12.3 Å². The summed E-state index contributed by atoms with van der Waals surface area (Å²) in [6, 6.07) is 6.22. The van der Waals surface area contributed by atoms with Crippen molar-refractivity contribution in [1.29, 1.82) is 0 Å². The van der Waals surface area contributed by atoms with Crippen LogP contribution in [0, 0.1) is 5.92 Å². The topological polar surface area (TPSA) is 26.3 Å². The molecule has 0 aliphatic heterocycles. The number of ketones is 1. The van der Waals surface area contributed by atoms with Crippen LogP contribution in [0.5, 0.6) is 5.75 Å². The summed E-state index contributed by atoms with van der Waals surface area (Å²) in [4.78, 5) is 12.1. The van der Waals surface area contributed by atoms with Gasteiger partial charge in [0, 0.05) is 6.42 Å². The lowest BCUT2D eigenvalue weighted by atomic mass is 9.97. The molecule has 0 saturated heterocycles. The van der Waals surface area contributed by atoms with Crippen LogP contribution in [0.2, 0.25) is 0 Å². The predicted octanol–water partition coefficient (Wildman–Crippen LogP) is 4.44. The quantitative estimate of drug-likeness (QED) is 0.713. The van der Waals surface area contributed by atoms with Crippen LogP contribution < -0.4 is 4.74 Å². The van der Waals surface area contributed by atoms with E-state index in [2.05, 4.69) is 4.74 Å². The Morgan fingerprint density at radius 2 is 1.95 bits per heavy atom. The van der Waals surface area contributed by atoms with E-state index in [4.69, 9.17) is 0 Å². The fraction of sp³-hybridized carbons (Fsp3) is 0.533. The summed E-state index contributed by atoms with van der Waals surface area (Å²) in [5.74, 6) is 0.490. The highest BCUT2D eigenvalue weighted by molar-refractivity contribution is 5.98. The molecular formula is C15H18F2O2. The van der Waals surface area contributed by atoms with Crippen molar-refractivity contribution in [1.82, 2.24) is 0 Å². The lowest BCUT2D eigenvalue weighted by Crippen LogP contribution is -2.09. The summed E-state index contributed by atoms with van der Waals surface area (Å²) >= 11 is 0. The Morgan fingerprint density at radius 3 is 2.63 bits per heavy atom. The minimum atomic E-state index is -2.90. The van der Waals surface area contributed by atoms with Crippen molar-refractivity contribution < 1.29 is 18.3 Å². The first-order valence-corrected chi connectivity index (χ1v) is 6.74. The third kappa shape index (κ3) is 4.01. The molecule has 1 aromatic rings. The molecule has 0 heterocycles. The normalized spacial score (nSPS) is 15.9. The van der Waals surface area contributed by atoms with E-state index in [9.17, 15) is 13.6 Å². The molecule has 104 valence electrons. The van der Waals surface area contributed by atoms with Crippen molar-refractivity contribution >= 4 is 5.78 Å². The summed E-state index contributed by atoms with van der Waals surface area (Å²) in [5, 5.41) is 0. The summed E-state index contributed by atoms with van der Waals surface area (Å²) < 4.78 is 28.9. The van der Waals surface area contributed by atoms with Gasteiger partial charge in [-0.05, 0) is 24.5 Å². The third-order valence-corrected chi connectivity index (χ3v) is 3.66. The molecule has 2 nitrogen and oxygen atoms in total. The van der Waals surface area contributed by atoms with Gasteiger partial charge < -0.3 is 4.74 Å². The molecule has 0 spiro atoms. The third-order valence-electron chi connectivity index (χ3n) is 3.66. The smallest absolute Gasteiger partial charge is 0.387 e. The van der Waals surface area contributed by atoms with Gasteiger partial charge in [-0.15, -0.1) is 0 Å². The molecule has 0 amide bonds. The van der Waals surface area contributed by atoms with Gasteiger partial charge in [-0.1, -0.05) is 37.8 Å². The average Bonchev–Trinajstić information content (AvgIpc) is 2.89. The first kappa shape index (κ1) is 14.0. The summed E-state index contributed by atoms with van der Waals surface area (Å²) in [6.07, 6.45) is 6.11. The Bertz CT molecular complexity index is 426. The molecule has 1 aliphatic rings. The van der Waals surface area contributed by atoms with Gasteiger partial charge in [0.2, 0.25) is 0 Å². The van der Waals surface area contributed by atoms with E-state index in [1.54, 1.807) is 18.2 Å². The number of ether oxygens (including phenoxy) is 1. The molecule has 0 atom stereocenters. The lowest BCUT2D eigenvalue weighted by Gasteiger charge is -2.11. The Kier molecular flexibility index (Phi) is 4.88. The Hall–Kier alpha value is -1.45. The largest absolute Gasteiger partial charge is 0.434 e. The van der Waals surface area contributed by atoms with Gasteiger partial charge in [-0.2, -0.15) is 8.78 Å². The standard InChI is InChI=1S/C15H18F2O2/c16-15(17)19-14-8-4-3-7-12(14)13(18)10-9-11-5-1-2-6-11/h3-4,7-8,11,15H,1-2,5-6,9-10H2. The minimum Gasteiger partial charge on any atom is -0.434 e. The molecule has 0 N–H and O–H groups in total. The van der Waals surface area contributed by atoms with E-state index in [0.717, 1.165) is 6.42 Å². The Labute approximate surface area is 111 Å². The maximum absolute atomic E-state index is 12.3. The van der Waals surface area contributed by atoms with Crippen LogP contribution in [0.15, 0.2) is 24.3 Å². The number of alkyl halides is 2. The molecule has 1 aromatic carbocycles. The number of rotatable bonds is 6. The summed E-state index contributed by atoms with van der Waals surface area (Å²) in [7, 11) is 0. The molecule has 19 heavy (non-hydrogen) atoms. The molecule has 1 aliphatic carbocycles. The van der Waals surface area contributed by atoms with Crippen molar-refractivity contribution in [2.45, 2.75) is 45.1 Å². The number of hydrogen-bond acceptors (Lipinski definition) is 2. The number of halogens is 2. The zero-order valence-electron chi connectivity index (χ0n) is 10.8. The minimum absolute atomic E-state index is 0.0195. The number of carbonyl (C=O) groups excluding carboxylic acids is 1. The van der Waals surface area contributed by atoms with Crippen LogP contribution in [0.25, 0.3) is 0 Å². The highest BCUT2D eigenvalue weighted by Gasteiger charge is 2.19. The van der Waals surface area contributed by atoms with Crippen molar-refractivity contribution in [2.24, 2.45) is 5.92 Å². The van der Waals surface area contributed by atoms with E-state index in [1.807, 2.05) is 0 Å². The first-order valence-electron chi connectivity index (χ1n) is 6.74. The Morgan fingerprint density at radius 1 is 1.26 bits per heavy atom. The molecule has 1 saturated carbocycles. The number of hydrogen-bond donors (Lipinski definition) is 0. The molecule has 0 bridgehead atoms. The average molecular weight is 268 g/mol. The molecule has 0 radical (unpaired) electrons. The zero-order valence-corrected chi connectivity index (χ0v) is 10.8. The van der Waals surface area contributed by atoms with Crippen molar-refractivity contribution in [3.63, 3.8) is 0 Å². The fourth-order valence-electron chi connectivity index (χ4n) is 2.66. The molecule has 0 aromatic heterocycles. The lowest BCUT2D eigenvalue weighted by molar-refractivity contribution is -0.0501. The van der Waals surface area contributed by atoms with E-state index >= 15 is 0 Å². The van der Waals surface area contributed by atoms with Crippen LogP contribution >= 0.6 is 0 Å². The van der Waals surface area contributed by atoms with Crippen LogP contribution in [0.1, 0.15) is 48.9 Å². The first-order chi connectivity index (χ1) is 9.16. The zero-order chi connectivity index (χ0) is 13.7. The van der Waals surface area contributed by atoms with Gasteiger partial charge in [0.1, 0.15) is 5.75 Å². The van der Waals surface area contributed by atoms with Gasteiger partial charge in [-0.25, -0.2) is 0 Å². The van der Waals surface area contributed by atoms with Crippen LogP contribution in [0.3, 0.4) is 0 Å². The van der Waals surface area contributed by atoms with Gasteiger partial charge in [0.05, 0.1) is 5.56 Å². The second-order valence-corrected chi connectivity index (χ2v) is 4.99. The second-order valence-electron chi connectivity index (χ2n) is 4.99. The van der Waals surface area contributed by atoms with Crippen molar-refractivity contribution in [2.75, 3.05) is 0 Å². The van der Waals surface area contributed by atoms with Gasteiger partial charge in [0.15, 0.2) is 5.78 Å².